The SMILES string of the molecule is CCCCCCCCCCCCOC1CCC(/C=C/C(C)=O)CC1. The highest BCUT2D eigenvalue weighted by Gasteiger charge is 2.19. The van der Waals surface area contributed by atoms with Gasteiger partial charge in [0.15, 0.2) is 5.78 Å². The summed E-state index contributed by atoms with van der Waals surface area (Å²) in [6.07, 6.45) is 22.7. The number of carbonyl (C=O) groups excluding carboxylic acids is 1. The predicted molar refractivity (Wildman–Crippen MR) is 103 cm³/mol. The molecule has 1 saturated carbocycles. The topological polar surface area (TPSA) is 26.3 Å². The summed E-state index contributed by atoms with van der Waals surface area (Å²) >= 11 is 0. The van der Waals surface area contributed by atoms with Crippen molar-refractivity contribution in [1.29, 1.82) is 0 Å². The van der Waals surface area contributed by atoms with Crippen molar-refractivity contribution < 1.29 is 9.53 Å². The van der Waals surface area contributed by atoms with Gasteiger partial charge in [-0.3, -0.25) is 4.79 Å². The molecule has 140 valence electrons. The number of allylic oxidation sites excluding steroid dienone is 2. The van der Waals surface area contributed by atoms with Gasteiger partial charge in [-0.2, -0.15) is 0 Å². The van der Waals surface area contributed by atoms with Gasteiger partial charge in [-0.05, 0) is 51.0 Å². The molecule has 0 aromatic carbocycles. The van der Waals surface area contributed by atoms with Crippen LogP contribution in [0, 0.1) is 5.92 Å². The first-order valence-electron chi connectivity index (χ1n) is 10.5. The Morgan fingerprint density at radius 1 is 0.875 bits per heavy atom. The second-order valence-corrected chi connectivity index (χ2v) is 7.56. The van der Waals surface area contributed by atoms with Gasteiger partial charge >= 0.3 is 0 Å². The van der Waals surface area contributed by atoms with E-state index in [1.54, 1.807) is 13.0 Å². The molecule has 1 aliphatic carbocycles. The molecular weight excluding hydrogens is 296 g/mol. The Balaban J connectivity index is 1.86. The van der Waals surface area contributed by atoms with Crippen LogP contribution in [0.3, 0.4) is 0 Å². The molecule has 0 aromatic heterocycles. The van der Waals surface area contributed by atoms with Gasteiger partial charge in [0.2, 0.25) is 0 Å². The molecule has 2 nitrogen and oxygen atoms in total. The molecule has 1 aliphatic rings. The minimum Gasteiger partial charge on any atom is -0.378 e. The first-order chi connectivity index (χ1) is 11.7. The van der Waals surface area contributed by atoms with Crippen LogP contribution in [0.2, 0.25) is 0 Å². The highest BCUT2D eigenvalue weighted by molar-refractivity contribution is 5.87. The van der Waals surface area contributed by atoms with Crippen LogP contribution < -0.4 is 0 Å². The molecule has 0 amide bonds. The number of ether oxygens (including phenoxy) is 1. The maximum Gasteiger partial charge on any atom is 0.152 e. The van der Waals surface area contributed by atoms with Crippen LogP contribution in [0.5, 0.6) is 0 Å². The monoisotopic (exact) mass is 336 g/mol. The Hall–Kier alpha value is -0.630. The Kier molecular flexibility index (Phi) is 13.1. The Bertz CT molecular complexity index is 327. The summed E-state index contributed by atoms with van der Waals surface area (Å²) in [6.45, 7) is 4.84. The maximum atomic E-state index is 11.0. The Morgan fingerprint density at radius 3 is 1.96 bits per heavy atom. The summed E-state index contributed by atoms with van der Waals surface area (Å²) in [5.74, 6) is 0.750. The van der Waals surface area contributed by atoms with Gasteiger partial charge in [-0.25, -0.2) is 0 Å². The van der Waals surface area contributed by atoms with Crippen LogP contribution in [0.25, 0.3) is 0 Å². The van der Waals surface area contributed by atoms with Crippen LogP contribution in [-0.2, 0) is 9.53 Å². The molecule has 2 heteroatoms. The Labute approximate surface area is 150 Å². The van der Waals surface area contributed by atoms with Crippen molar-refractivity contribution in [2.75, 3.05) is 6.61 Å². The summed E-state index contributed by atoms with van der Waals surface area (Å²) < 4.78 is 6.04. The number of ketones is 1. The quantitative estimate of drug-likeness (QED) is 0.263. The number of unbranched alkanes of at least 4 members (excludes halogenated alkanes) is 9. The average Bonchev–Trinajstić information content (AvgIpc) is 2.59. The lowest BCUT2D eigenvalue weighted by molar-refractivity contribution is -0.112. The summed E-state index contributed by atoms with van der Waals surface area (Å²) in [4.78, 5) is 11.0. The third kappa shape index (κ3) is 11.8. The number of carbonyl (C=O) groups is 1. The Morgan fingerprint density at radius 2 is 1.42 bits per heavy atom. The van der Waals surface area contributed by atoms with E-state index in [2.05, 4.69) is 13.0 Å². The van der Waals surface area contributed by atoms with Gasteiger partial charge in [0, 0.05) is 6.61 Å². The third-order valence-electron chi connectivity index (χ3n) is 5.17. The second-order valence-electron chi connectivity index (χ2n) is 7.56. The standard InChI is InChI=1S/C22H40O2/c1-3-4-5-6-7-8-9-10-11-12-19-24-22-17-15-21(16-18-22)14-13-20(2)23/h13-14,21-22H,3-12,15-19H2,1-2H3/b14-13+. The van der Waals surface area contributed by atoms with E-state index in [4.69, 9.17) is 4.74 Å². The van der Waals surface area contributed by atoms with E-state index in [1.165, 1.54) is 77.0 Å². The molecule has 0 saturated heterocycles. The van der Waals surface area contributed by atoms with Crippen LogP contribution in [0.4, 0.5) is 0 Å². The van der Waals surface area contributed by atoms with Crippen LogP contribution >= 0.6 is 0 Å². The van der Waals surface area contributed by atoms with E-state index in [1.807, 2.05) is 0 Å². The van der Waals surface area contributed by atoms with Crippen LogP contribution in [-0.4, -0.2) is 18.5 Å². The molecule has 0 unspecified atom stereocenters. The van der Waals surface area contributed by atoms with E-state index in [9.17, 15) is 4.79 Å². The summed E-state index contributed by atoms with van der Waals surface area (Å²) in [5, 5.41) is 0. The van der Waals surface area contributed by atoms with E-state index >= 15 is 0 Å². The number of rotatable bonds is 14. The van der Waals surface area contributed by atoms with Gasteiger partial charge in [-0.1, -0.05) is 70.8 Å². The molecule has 24 heavy (non-hydrogen) atoms. The van der Waals surface area contributed by atoms with Gasteiger partial charge in [0.05, 0.1) is 6.10 Å². The first kappa shape index (κ1) is 21.4. The summed E-state index contributed by atoms with van der Waals surface area (Å²) in [6, 6.07) is 0. The molecule has 0 radical (unpaired) electrons. The molecule has 1 rings (SSSR count). The lowest BCUT2D eigenvalue weighted by Gasteiger charge is -2.26. The highest BCUT2D eigenvalue weighted by Crippen LogP contribution is 2.27. The van der Waals surface area contributed by atoms with Gasteiger partial charge in [0.25, 0.3) is 0 Å². The van der Waals surface area contributed by atoms with E-state index in [-0.39, 0.29) is 5.78 Å². The maximum absolute atomic E-state index is 11.0. The number of hydrogen-bond acceptors (Lipinski definition) is 2. The molecule has 0 atom stereocenters. The molecule has 0 heterocycles. The van der Waals surface area contributed by atoms with E-state index < -0.39 is 0 Å². The lowest BCUT2D eigenvalue weighted by Crippen LogP contribution is -2.21. The molecule has 1 fully saturated rings. The molecule has 0 N–H and O–H groups in total. The molecule has 0 aliphatic heterocycles. The number of hydrogen-bond donors (Lipinski definition) is 0. The van der Waals surface area contributed by atoms with Crippen LogP contribution in [0.1, 0.15) is 104 Å². The molecule has 0 bridgehead atoms. The zero-order chi connectivity index (χ0) is 17.5. The van der Waals surface area contributed by atoms with Crippen molar-refractivity contribution in [3.05, 3.63) is 12.2 Å². The fourth-order valence-electron chi connectivity index (χ4n) is 3.56. The molecule has 0 aromatic rings. The van der Waals surface area contributed by atoms with Crippen molar-refractivity contribution in [3.8, 4) is 0 Å². The molecular formula is C22H40O2. The van der Waals surface area contributed by atoms with Gasteiger partial charge < -0.3 is 4.74 Å². The second kappa shape index (κ2) is 14.7. The largest absolute Gasteiger partial charge is 0.378 e. The summed E-state index contributed by atoms with van der Waals surface area (Å²) in [5.41, 5.74) is 0. The third-order valence-corrected chi connectivity index (χ3v) is 5.17. The van der Waals surface area contributed by atoms with Crippen molar-refractivity contribution in [3.63, 3.8) is 0 Å². The fourth-order valence-corrected chi connectivity index (χ4v) is 3.56. The van der Waals surface area contributed by atoms with Crippen molar-refractivity contribution in [2.45, 2.75) is 110 Å². The fraction of sp³-hybridized carbons (Fsp3) is 0.864. The van der Waals surface area contributed by atoms with E-state index in [0.29, 0.717) is 12.0 Å². The van der Waals surface area contributed by atoms with Gasteiger partial charge in [-0.15, -0.1) is 0 Å². The van der Waals surface area contributed by atoms with Crippen molar-refractivity contribution in [1.82, 2.24) is 0 Å². The first-order valence-corrected chi connectivity index (χ1v) is 10.5. The highest BCUT2D eigenvalue weighted by atomic mass is 16.5. The van der Waals surface area contributed by atoms with E-state index in [0.717, 1.165) is 19.4 Å². The smallest absolute Gasteiger partial charge is 0.152 e. The molecule has 0 spiro atoms. The normalized spacial score (nSPS) is 21.4. The lowest BCUT2D eigenvalue weighted by atomic mass is 9.87. The predicted octanol–water partition coefficient (Wildman–Crippen LogP) is 6.63. The minimum absolute atomic E-state index is 0.161. The summed E-state index contributed by atoms with van der Waals surface area (Å²) in [7, 11) is 0. The zero-order valence-electron chi connectivity index (χ0n) is 16.2. The van der Waals surface area contributed by atoms with Crippen molar-refractivity contribution >= 4 is 5.78 Å². The average molecular weight is 337 g/mol. The van der Waals surface area contributed by atoms with Gasteiger partial charge in [0.1, 0.15) is 0 Å². The minimum atomic E-state index is 0.161. The van der Waals surface area contributed by atoms with Crippen molar-refractivity contribution in [2.24, 2.45) is 5.92 Å². The zero-order valence-corrected chi connectivity index (χ0v) is 16.2. The van der Waals surface area contributed by atoms with Crippen LogP contribution in [0.15, 0.2) is 12.2 Å².